The lowest BCUT2D eigenvalue weighted by molar-refractivity contribution is -0.670. The average molecular weight is 212 g/mol. The maximum atomic E-state index is 11.9. The van der Waals surface area contributed by atoms with Crippen molar-refractivity contribution in [3.05, 3.63) is 18.7 Å². The zero-order valence-corrected chi connectivity index (χ0v) is 9.51. The lowest BCUT2D eigenvalue weighted by Gasteiger charge is -2.16. The van der Waals surface area contributed by atoms with Crippen molar-refractivity contribution in [2.75, 3.05) is 26.8 Å². The summed E-state index contributed by atoms with van der Waals surface area (Å²) in [4.78, 5) is 13.7. The summed E-state index contributed by atoms with van der Waals surface area (Å²) >= 11 is 0. The molecule has 1 heterocycles. The summed E-state index contributed by atoms with van der Waals surface area (Å²) in [7, 11) is 3.52. The van der Waals surface area contributed by atoms with Crippen LogP contribution < -0.4 is 4.57 Å². The fourth-order valence-corrected chi connectivity index (χ4v) is 1.32. The van der Waals surface area contributed by atoms with Gasteiger partial charge in [0.25, 0.3) is 6.33 Å². The lowest BCUT2D eigenvalue weighted by atomic mass is 10.5. The highest BCUT2D eigenvalue weighted by Gasteiger charge is 2.18. The molecule has 1 rings (SSSR count). The van der Waals surface area contributed by atoms with Crippen molar-refractivity contribution < 1.29 is 14.1 Å². The summed E-state index contributed by atoms with van der Waals surface area (Å²) < 4.78 is 8.36. The molecule has 0 saturated carbocycles. The molecule has 0 aliphatic rings. The van der Waals surface area contributed by atoms with E-state index in [1.54, 1.807) is 29.1 Å². The second-order valence-electron chi connectivity index (χ2n) is 3.34. The molecule has 0 aliphatic carbocycles. The molecule has 0 unspecified atom stereocenters. The Bertz CT molecular complexity index is 322. The molecule has 0 fully saturated rings. The zero-order valence-electron chi connectivity index (χ0n) is 9.51. The molecule has 0 N–H and O–H groups in total. The van der Waals surface area contributed by atoms with Crippen LogP contribution in [0.25, 0.3) is 0 Å². The second kappa shape index (κ2) is 5.50. The molecule has 1 aromatic heterocycles. The zero-order chi connectivity index (χ0) is 11.3. The molecular weight excluding hydrogens is 194 g/mol. The number of likely N-dealkylation sites (N-methyl/N-ethyl adjacent to an activating group) is 1. The number of ether oxygens (including phenoxy) is 1. The van der Waals surface area contributed by atoms with Gasteiger partial charge >= 0.3 is 6.03 Å². The molecule has 0 atom stereocenters. The molecule has 1 aromatic rings. The average Bonchev–Trinajstić information content (AvgIpc) is 2.65. The van der Waals surface area contributed by atoms with Gasteiger partial charge in [0, 0.05) is 20.2 Å². The van der Waals surface area contributed by atoms with Crippen LogP contribution in [0.15, 0.2) is 18.7 Å². The van der Waals surface area contributed by atoms with Gasteiger partial charge in [0.05, 0.1) is 13.7 Å². The molecule has 5 heteroatoms. The Morgan fingerprint density at radius 1 is 1.60 bits per heavy atom. The van der Waals surface area contributed by atoms with Crippen molar-refractivity contribution in [2.24, 2.45) is 7.05 Å². The molecule has 84 valence electrons. The fraction of sp³-hybridized carbons (Fsp3) is 0.600. The standard InChI is InChI=1S/C10H18N3O2/c1-4-12(7-8-15-3)10(14)13-6-5-11(2)9-13/h5-6,9H,4,7-8H2,1-3H3/q+1. The predicted octanol–water partition coefficient (Wildman–Crippen LogP) is 0.249. The molecule has 0 spiro atoms. The monoisotopic (exact) mass is 212 g/mol. The van der Waals surface area contributed by atoms with E-state index in [2.05, 4.69) is 0 Å². The van der Waals surface area contributed by atoms with Gasteiger partial charge in [-0.15, -0.1) is 0 Å². The number of carbonyl (C=O) groups is 1. The van der Waals surface area contributed by atoms with E-state index >= 15 is 0 Å². The fourth-order valence-electron chi connectivity index (χ4n) is 1.32. The number of amides is 1. The lowest BCUT2D eigenvalue weighted by Crippen LogP contribution is -2.37. The number of hydrogen-bond acceptors (Lipinski definition) is 2. The summed E-state index contributed by atoms with van der Waals surface area (Å²) in [5.74, 6) is 0. The number of rotatable bonds is 4. The van der Waals surface area contributed by atoms with E-state index in [1.165, 1.54) is 0 Å². The molecule has 0 saturated heterocycles. The maximum absolute atomic E-state index is 11.9. The highest BCUT2D eigenvalue weighted by Crippen LogP contribution is 1.95. The van der Waals surface area contributed by atoms with Crippen molar-refractivity contribution >= 4 is 6.03 Å². The first-order valence-corrected chi connectivity index (χ1v) is 5.00. The van der Waals surface area contributed by atoms with Crippen LogP contribution in [-0.2, 0) is 11.8 Å². The van der Waals surface area contributed by atoms with Crippen LogP contribution in [0.5, 0.6) is 0 Å². The highest BCUT2D eigenvalue weighted by molar-refractivity contribution is 5.76. The first kappa shape index (κ1) is 11.7. The van der Waals surface area contributed by atoms with Gasteiger partial charge in [0.2, 0.25) is 0 Å². The molecule has 0 aromatic carbocycles. The van der Waals surface area contributed by atoms with E-state index < -0.39 is 0 Å². The summed E-state index contributed by atoms with van der Waals surface area (Å²) in [6.07, 6.45) is 5.33. The summed E-state index contributed by atoms with van der Waals surface area (Å²) in [5, 5.41) is 0. The number of carbonyl (C=O) groups excluding carboxylic acids is 1. The van der Waals surface area contributed by atoms with Gasteiger partial charge in [-0.1, -0.05) is 0 Å². The number of methoxy groups -OCH3 is 1. The minimum atomic E-state index is -0.0184. The topological polar surface area (TPSA) is 38.4 Å². The molecular formula is C10H18N3O2+. The Labute approximate surface area is 89.9 Å². The molecule has 15 heavy (non-hydrogen) atoms. The number of aromatic nitrogens is 2. The van der Waals surface area contributed by atoms with Crippen LogP contribution >= 0.6 is 0 Å². The molecule has 0 radical (unpaired) electrons. The second-order valence-corrected chi connectivity index (χ2v) is 3.34. The summed E-state index contributed by atoms with van der Waals surface area (Å²) in [6.45, 7) is 3.82. The largest absolute Gasteiger partial charge is 0.415 e. The Kier molecular flexibility index (Phi) is 4.30. The van der Waals surface area contributed by atoms with Gasteiger partial charge in [-0.2, -0.15) is 4.57 Å². The van der Waals surface area contributed by atoms with E-state index in [0.29, 0.717) is 19.7 Å². The Balaban J connectivity index is 2.64. The van der Waals surface area contributed by atoms with Crippen LogP contribution in [0.2, 0.25) is 0 Å². The molecule has 0 aliphatic heterocycles. The van der Waals surface area contributed by atoms with Crippen LogP contribution in [0.4, 0.5) is 4.79 Å². The third kappa shape index (κ3) is 3.06. The van der Waals surface area contributed by atoms with Gasteiger partial charge in [0.1, 0.15) is 12.4 Å². The third-order valence-corrected chi connectivity index (χ3v) is 2.21. The van der Waals surface area contributed by atoms with Gasteiger partial charge in [-0.3, -0.25) is 0 Å². The van der Waals surface area contributed by atoms with Gasteiger partial charge in [0.15, 0.2) is 0 Å². The van der Waals surface area contributed by atoms with Crippen molar-refractivity contribution in [3.63, 3.8) is 0 Å². The van der Waals surface area contributed by atoms with Crippen LogP contribution in [0.1, 0.15) is 6.92 Å². The van der Waals surface area contributed by atoms with Crippen molar-refractivity contribution in [3.8, 4) is 0 Å². The smallest absolute Gasteiger partial charge is 0.383 e. The van der Waals surface area contributed by atoms with Crippen LogP contribution in [-0.4, -0.2) is 42.3 Å². The highest BCUT2D eigenvalue weighted by atomic mass is 16.5. The van der Waals surface area contributed by atoms with Crippen molar-refractivity contribution in [2.45, 2.75) is 6.92 Å². The number of nitrogens with zero attached hydrogens (tertiary/aromatic N) is 3. The maximum Gasteiger partial charge on any atom is 0.415 e. The quantitative estimate of drug-likeness (QED) is 0.671. The first-order valence-electron chi connectivity index (χ1n) is 5.00. The van der Waals surface area contributed by atoms with Gasteiger partial charge < -0.3 is 9.64 Å². The normalized spacial score (nSPS) is 10.3. The minimum absolute atomic E-state index is 0.0184. The Morgan fingerprint density at radius 3 is 2.80 bits per heavy atom. The van der Waals surface area contributed by atoms with E-state index in [9.17, 15) is 4.79 Å². The van der Waals surface area contributed by atoms with Crippen LogP contribution in [0.3, 0.4) is 0 Å². The molecule has 0 bridgehead atoms. The van der Waals surface area contributed by atoms with E-state index in [-0.39, 0.29) is 6.03 Å². The summed E-state index contributed by atoms with van der Waals surface area (Å²) in [6, 6.07) is -0.0184. The van der Waals surface area contributed by atoms with Gasteiger partial charge in [-0.25, -0.2) is 9.36 Å². The Hall–Kier alpha value is -1.36. The van der Waals surface area contributed by atoms with Crippen molar-refractivity contribution in [1.29, 1.82) is 0 Å². The van der Waals surface area contributed by atoms with E-state index in [4.69, 9.17) is 4.74 Å². The SMILES string of the molecule is CCN(CCOC)C(=O)n1cc[n+](C)c1. The molecule has 5 nitrogen and oxygen atoms in total. The van der Waals surface area contributed by atoms with Gasteiger partial charge in [-0.05, 0) is 6.92 Å². The van der Waals surface area contributed by atoms with E-state index in [0.717, 1.165) is 0 Å². The minimum Gasteiger partial charge on any atom is -0.383 e. The Morgan fingerprint density at radius 2 is 2.33 bits per heavy atom. The van der Waals surface area contributed by atoms with Crippen LogP contribution in [0, 0.1) is 0 Å². The summed E-state index contributed by atoms with van der Waals surface area (Å²) in [5.41, 5.74) is 0. The molecule has 1 amide bonds. The first-order chi connectivity index (χ1) is 7.19. The number of aryl methyl sites for hydroxylation is 1. The predicted molar refractivity (Wildman–Crippen MR) is 55.5 cm³/mol. The third-order valence-electron chi connectivity index (χ3n) is 2.21. The number of hydrogen-bond donors (Lipinski definition) is 0. The van der Waals surface area contributed by atoms with Crippen molar-refractivity contribution in [1.82, 2.24) is 9.47 Å². The van der Waals surface area contributed by atoms with E-state index in [1.807, 2.05) is 24.7 Å². The number of imidazole rings is 1.